The van der Waals surface area contributed by atoms with E-state index < -0.39 is 0 Å². The van der Waals surface area contributed by atoms with Crippen molar-refractivity contribution in [1.82, 2.24) is 0 Å². The molecule has 4 rings (SSSR count). The number of hydrogen-bond donors (Lipinski definition) is 0. The van der Waals surface area contributed by atoms with Crippen LogP contribution < -0.4 is 9.64 Å². The lowest BCUT2D eigenvalue weighted by Gasteiger charge is -2.18. The molecule has 0 spiro atoms. The smallest absolute Gasteiger partial charge is 0.238 e. The van der Waals surface area contributed by atoms with Crippen LogP contribution >= 0.6 is 11.6 Å². The molecule has 0 radical (unpaired) electrons. The van der Waals surface area contributed by atoms with Gasteiger partial charge in [-0.2, -0.15) is 0 Å². The maximum atomic E-state index is 12.8. The number of hydrogen-bond acceptors (Lipinski definition) is 4. The lowest BCUT2D eigenvalue weighted by molar-refractivity contribution is -0.122. The SMILES string of the molecule is CC1=CC[C@H]2C(=O)N(c3ccc(OCC(=O)c4ccc(Cl)cc4)cc3)C(=O)[C@H]2C1. The van der Waals surface area contributed by atoms with Crippen LogP contribution in [0.4, 0.5) is 5.69 Å². The molecule has 1 saturated heterocycles. The van der Waals surface area contributed by atoms with E-state index in [0.29, 0.717) is 34.9 Å². The van der Waals surface area contributed by atoms with Crippen molar-refractivity contribution in [3.05, 3.63) is 70.8 Å². The van der Waals surface area contributed by atoms with Crippen LogP contribution in [0.3, 0.4) is 0 Å². The predicted molar refractivity (Wildman–Crippen MR) is 110 cm³/mol. The van der Waals surface area contributed by atoms with Crippen LogP contribution in [0, 0.1) is 11.8 Å². The molecule has 148 valence electrons. The molecule has 2 aliphatic rings. The number of benzene rings is 2. The summed E-state index contributed by atoms with van der Waals surface area (Å²) in [6, 6.07) is 13.3. The van der Waals surface area contributed by atoms with Crippen molar-refractivity contribution in [2.45, 2.75) is 19.8 Å². The first kappa shape index (κ1) is 19.4. The first-order valence-corrected chi connectivity index (χ1v) is 9.87. The summed E-state index contributed by atoms with van der Waals surface area (Å²) >= 11 is 5.83. The highest BCUT2D eigenvalue weighted by Crippen LogP contribution is 2.39. The highest BCUT2D eigenvalue weighted by atomic mass is 35.5. The van der Waals surface area contributed by atoms with Crippen molar-refractivity contribution in [2.24, 2.45) is 11.8 Å². The van der Waals surface area contributed by atoms with Crippen LogP contribution in [-0.2, 0) is 9.59 Å². The minimum Gasteiger partial charge on any atom is -0.485 e. The van der Waals surface area contributed by atoms with Gasteiger partial charge in [0, 0.05) is 10.6 Å². The molecule has 2 aromatic rings. The molecule has 0 unspecified atom stereocenters. The van der Waals surface area contributed by atoms with Crippen molar-refractivity contribution in [3.8, 4) is 5.75 Å². The van der Waals surface area contributed by atoms with Crippen molar-refractivity contribution in [3.63, 3.8) is 0 Å². The molecular formula is C23H20ClNO4. The number of nitrogens with zero attached hydrogens (tertiary/aromatic N) is 1. The Morgan fingerprint density at radius 2 is 1.69 bits per heavy atom. The van der Waals surface area contributed by atoms with Crippen LogP contribution in [0.1, 0.15) is 30.1 Å². The number of amides is 2. The van der Waals surface area contributed by atoms with Gasteiger partial charge in [0.25, 0.3) is 0 Å². The second-order valence-corrected chi connectivity index (χ2v) is 7.86. The zero-order chi connectivity index (χ0) is 20.5. The zero-order valence-corrected chi connectivity index (χ0v) is 16.7. The monoisotopic (exact) mass is 409 g/mol. The molecule has 2 amide bonds. The maximum absolute atomic E-state index is 12.8. The van der Waals surface area contributed by atoms with Gasteiger partial charge in [0.1, 0.15) is 5.75 Å². The Kier molecular flexibility index (Phi) is 5.24. The van der Waals surface area contributed by atoms with Gasteiger partial charge in [0.05, 0.1) is 17.5 Å². The number of fused-ring (bicyclic) bond motifs is 1. The van der Waals surface area contributed by atoms with Gasteiger partial charge in [-0.3, -0.25) is 19.3 Å². The zero-order valence-electron chi connectivity index (χ0n) is 15.9. The number of carbonyl (C=O) groups is 3. The Balaban J connectivity index is 1.42. The average molecular weight is 410 g/mol. The number of ether oxygens (including phenoxy) is 1. The molecule has 0 bridgehead atoms. The number of carbonyl (C=O) groups excluding carboxylic acids is 3. The topological polar surface area (TPSA) is 63.7 Å². The van der Waals surface area contributed by atoms with E-state index in [-0.39, 0.29) is 36.0 Å². The molecule has 1 aliphatic carbocycles. The van der Waals surface area contributed by atoms with Crippen molar-refractivity contribution in [2.75, 3.05) is 11.5 Å². The summed E-state index contributed by atoms with van der Waals surface area (Å²) in [5.41, 5.74) is 2.21. The fourth-order valence-corrected chi connectivity index (χ4v) is 3.98. The summed E-state index contributed by atoms with van der Waals surface area (Å²) < 4.78 is 5.55. The van der Waals surface area contributed by atoms with Gasteiger partial charge < -0.3 is 4.74 Å². The average Bonchev–Trinajstić information content (AvgIpc) is 2.97. The molecule has 1 heterocycles. The van der Waals surface area contributed by atoms with Gasteiger partial charge in [-0.15, -0.1) is 0 Å². The summed E-state index contributed by atoms with van der Waals surface area (Å²) in [6.07, 6.45) is 3.30. The molecule has 5 nitrogen and oxygen atoms in total. The first-order valence-electron chi connectivity index (χ1n) is 9.49. The fraction of sp³-hybridized carbons (Fsp3) is 0.261. The number of rotatable bonds is 5. The molecule has 6 heteroatoms. The number of allylic oxidation sites excluding steroid dienone is 2. The van der Waals surface area contributed by atoms with Crippen LogP contribution in [0.2, 0.25) is 5.02 Å². The quantitative estimate of drug-likeness (QED) is 0.416. The molecule has 0 N–H and O–H groups in total. The third-order valence-electron chi connectivity index (χ3n) is 5.45. The third kappa shape index (κ3) is 3.83. The second kappa shape index (κ2) is 7.84. The molecule has 2 aromatic carbocycles. The molecule has 1 aliphatic heterocycles. The normalized spacial score (nSPS) is 21.0. The minimum absolute atomic E-state index is 0.113. The summed E-state index contributed by atoms with van der Waals surface area (Å²) in [7, 11) is 0. The second-order valence-electron chi connectivity index (χ2n) is 7.43. The van der Waals surface area contributed by atoms with Gasteiger partial charge in [-0.1, -0.05) is 23.3 Å². The Morgan fingerprint density at radius 1 is 1.03 bits per heavy atom. The highest BCUT2D eigenvalue weighted by molar-refractivity contribution is 6.30. The third-order valence-corrected chi connectivity index (χ3v) is 5.71. The first-order chi connectivity index (χ1) is 13.9. The lowest BCUT2D eigenvalue weighted by atomic mass is 9.82. The van der Waals surface area contributed by atoms with E-state index in [9.17, 15) is 14.4 Å². The maximum Gasteiger partial charge on any atom is 0.238 e. The number of anilines is 1. The number of halogens is 1. The van der Waals surface area contributed by atoms with Gasteiger partial charge in [-0.05, 0) is 68.3 Å². The van der Waals surface area contributed by atoms with E-state index in [1.54, 1.807) is 48.5 Å². The summed E-state index contributed by atoms with van der Waals surface area (Å²) in [5, 5.41) is 0.565. The largest absolute Gasteiger partial charge is 0.485 e. The fourth-order valence-electron chi connectivity index (χ4n) is 3.85. The van der Waals surface area contributed by atoms with E-state index in [1.807, 2.05) is 13.0 Å². The van der Waals surface area contributed by atoms with E-state index >= 15 is 0 Å². The van der Waals surface area contributed by atoms with Crippen LogP contribution in [0.5, 0.6) is 5.75 Å². The summed E-state index contributed by atoms with van der Waals surface area (Å²) in [5.74, 6) is -0.485. The molecule has 29 heavy (non-hydrogen) atoms. The van der Waals surface area contributed by atoms with E-state index in [4.69, 9.17) is 16.3 Å². The van der Waals surface area contributed by atoms with Crippen LogP contribution in [0.25, 0.3) is 0 Å². The lowest BCUT2D eigenvalue weighted by Crippen LogP contribution is -2.30. The Morgan fingerprint density at radius 3 is 2.38 bits per heavy atom. The number of Topliss-reactive ketones (excluding diaryl/α,β-unsaturated/α-hetero) is 1. The number of ketones is 1. The molecule has 0 saturated carbocycles. The number of imide groups is 1. The van der Waals surface area contributed by atoms with Crippen molar-refractivity contribution >= 4 is 34.9 Å². The van der Waals surface area contributed by atoms with E-state index in [1.165, 1.54) is 4.90 Å². The predicted octanol–water partition coefficient (Wildman–Crippen LogP) is 4.45. The summed E-state index contributed by atoms with van der Waals surface area (Å²) in [6.45, 7) is 1.88. The minimum atomic E-state index is -0.265. The van der Waals surface area contributed by atoms with E-state index in [0.717, 1.165) is 5.57 Å². The molecule has 0 aromatic heterocycles. The Bertz CT molecular complexity index is 995. The molecule has 2 atom stereocenters. The van der Waals surface area contributed by atoms with Crippen LogP contribution in [0.15, 0.2) is 60.2 Å². The van der Waals surface area contributed by atoms with Gasteiger partial charge in [0.15, 0.2) is 12.4 Å². The van der Waals surface area contributed by atoms with Gasteiger partial charge in [0.2, 0.25) is 11.8 Å². The van der Waals surface area contributed by atoms with Crippen molar-refractivity contribution < 1.29 is 19.1 Å². The van der Waals surface area contributed by atoms with Gasteiger partial charge in [-0.25, -0.2) is 0 Å². The molecule has 1 fully saturated rings. The van der Waals surface area contributed by atoms with Crippen LogP contribution in [-0.4, -0.2) is 24.2 Å². The Hall–Kier alpha value is -2.92. The van der Waals surface area contributed by atoms with Gasteiger partial charge >= 0.3 is 0 Å². The van der Waals surface area contributed by atoms with Crippen molar-refractivity contribution in [1.29, 1.82) is 0 Å². The molecular weight excluding hydrogens is 390 g/mol. The Labute approximate surface area is 173 Å². The summed E-state index contributed by atoms with van der Waals surface area (Å²) in [4.78, 5) is 39.0. The van der Waals surface area contributed by atoms with E-state index in [2.05, 4.69) is 0 Å². The standard InChI is InChI=1S/C23H20ClNO4/c1-14-2-11-19-20(12-14)23(28)25(22(19)27)17-7-9-18(10-8-17)29-13-21(26)15-3-5-16(24)6-4-15/h2-10,19-20H,11-13H2,1H3/t19-,20+/m1/s1. The highest BCUT2D eigenvalue weighted by Gasteiger charge is 2.48.